The Balaban J connectivity index is 4.76. The summed E-state index contributed by atoms with van der Waals surface area (Å²) in [7, 11) is 1.74. The predicted molar refractivity (Wildman–Crippen MR) is 51.9 cm³/mol. The first-order chi connectivity index (χ1) is 6.07. The molecule has 0 heterocycles. The highest BCUT2D eigenvalue weighted by Gasteiger charge is 2.36. The van der Waals surface area contributed by atoms with Crippen LogP contribution in [0.25, 0.3) is 0 Å². The van der Waals surface area contributed by atoms with Gasteiger partial charge in [-0.15, -0.1) is 0 Å². The van der Waals surface area contributed by atoms with Gasteiger partial charge >= 0.3 is 0 Å². The maximum atomic E-state index is 11.8. The van der Waals surface area contributed by atoms with Gasteiger partial charge in [0.1, 0.15) is 5.41 Å². The van der Waals surface area contributed by atoms with Gasteiger partial charge in [-0.1, -0.05) is 13.8 Å². The van der Waals surface area contributed by atoms with Crippen LogP contribution in [-0.4, -0.2) is 24.4 Å². The third kappa shape index (κ3) is 2.21. The molecule has 0 radical (unpaired) electrons. The molecule has 0 fully saturated rings. The summed E-state index contributed by atoms with van der Waals surface area (Å²) < 4.78 is 0. The lowest BCUT2D eigenvalue weighted by atomic mass is 9.82. The molecule has 0 N–H and O–H groups in total. The average molecular weight is 182 g/mol. The monoisotopic (exact) mass is 182 g/mol. The Kier molecular flexibility index (Phi) is 4.47. The molecule has 0 bridgehead atoms. The molecule has 0 aliphatic heterocycles. The number of carbonyl (C=O) groups excluding carboxylic acids is 1. The summed E-state index contributed by atoms with van der Waals surface area (Å²) in [5.41, 5.74) is -0.801. The largest absolute Gasteiger partial charge is 0.345 e. The first kappa shape index (κ1) is 12.0. The van der Waals surface area contributed by atoms with E-state index in [1.165, 1.54) is 0 Å². The molecule has 0 atom stereocenters. The van der Waals surface area contributed by atoms with Crippen molar-refractivity contribution < 1.29 is 4.79 Å². The van der Waals surface area contributed by atoms with Crippen molar-refractivity contribution in [3.63, 3.8) is 0 Å². The quantitative estimate of drug-likeness (QED) is 0.665. The van der Waals surface area contributed by atoms with Gasteiger partial charge in [-0.25, -0.2) is 0 Å². The molecule has 0 aromatic rings. The number of hydrogen-bond donors (Lipinski definition) is 0. The maximum Gasteiger partial charge on any atom is 0.242 e. The molecule has 1 amide bonds. The van der Waals surface area contributed by atoms with Crippen molar-refractivity contribution in [2.75, 3.05) is 13.6 Å². The van der Waals surface area contributed by atoms with E-state index in [9.17, 15) is 4.79 Å². The van der Waals surface area contributed by atoms with Gasteiger partial charge in [0, 0.05) is 13.6 Å². The second-order valence-electron chi connectivity index (χ2n) is 3.22. The molecule has 0 aromatic heterocycles. The molecule has 0 spiro atoms. The predicted octanol–water partition coefficient (Wildman–Crippen LogP) is 1.79. The lowest BCUT2D eigenvalue weighted by molar-refractivity contribution is -0.137. The highest BCUT2D eigenvalue weighted by Crippen LogP contribution is 2.27. The van der Waals surface area contributed by atoms with Crippen LogP contribution in [0.3, 0.4) is 0 Å². The molecule has 0 rings (SSSR count). The van der Waals surface area contributed by atoms with E-state index in [2.05, 4.69) is 6.07 Å². The van der Waals surface area contributed by atoms with E-state index in [4.69, 9.17) is 5.26 Å². The van der Waals surface area contributed by atoms with Crippen LogP contribution in [0, 0.1) is 16.7 Å². The second-order valence-corrected chi connectivity index (χ2v) is 3.22. The molecule has 0 unspecified atom stereocenters. The summed E-state index contributed by atoms with van der Waals surface area (Å²) in [4.78, 5) is 13.4. The van der Waals surface area contributed by atoms with Gasteiger partial charge in [-0.3, -0.25) is 4.79 Å². The van der Waals surface area contributed by atoms with Crippen LogP contribution in [0.15, 0.2) is 0 Å². The first-order valence-corrected chi connectivity index (χ1v) is 4.74. The van der Waals surface area contributed by atoms with E-state index in [0.717, 1.165) is 0 Å². The van der Waals surface area contributed by atoms with E-state index in [0.29, 0.717) is 19.4 Å². The van der Waals surface area contributed by atoms with Crippen molar-refractivity contribution in [1.29, 1.82) is 5.26 Å². The van der Waals surface area contributed by atoms with Crippen molar-refractivity contribution in [1.82, 2.24) is 4.90 Å². The second kappa shape index (κ2) is 4.86. The van der Waals surface area contributed by atoms with Gasteiger partial charge in [0.2, 0.25) is 5.91 Å². The van der Waals surface area contributed by atoms with Crippen molar-refractivity contribution in [3.8, 4) is 6.07 Å². The fourth-order valence-electron chi connectivity index (χ4n) is 1.27. The van der Waals surface area contributed by atoms with Crippen LogP contribution >= 0.6 is 0 Å². The summed E-state index contributed by atoms with van der Waals surface area (Å²) in [6, 6.07) is 2.14. The molecular formula is C10H18N2O. The molecule has 0 saturated carbocycles. The molecule has 3 heteroatoms. The summed E-state index contributed by atoms with van der Waals surface area (Å²) >= 11 is 0. The summed E-state index contributed by atoms with van der Waals surface area (Å²) in [6.07, 6.45) is 1.17. The molecule has 0 aromatic carbocycles. The Morgan fingerprint density at radius 3 is 2.08 bits per heavy atom. The van der Waals surface area contributed by atoms with Crippen LogP contribution in [0.4, 0.5) is 0 Å². The van der Waals surface area contributed by atoms with E-state index in [1.807, 2.05) is 20.8 Å². The molecule has 74 valence electrons. The van der Waals surface area contributed by atoms with Gasteiger partial charge in [0.15, 0.2) is 0 Å². The van der Waals surface area contributed by atoms with Crippen molar-refractivity contribution in [3.05, 3.63) is 0 Å². The van der Waals surface area contributed by atoms with Gasteiger partial charge < -0.3 is 4.90 Å². The molecule has 0 aliphatic carbocycles. The van der Waals surface area contributed by atoms with Crippen molar-refractivity contribution in [2.45, 2.75) is 33.6 Å². The minimum atomic E-state index is -0.801. The molecule has 0 saturated heterocycles. The molecule has 13 heavy (non-hydrogen) atoms. The Hall–Kier alpha value is -1.04. The van der Waals surface area contributed by atoms with E-state index < -0.39 is 5.41 Å². The van der Waals surface area contributed by atoms with Crippen LogP contribution in [0.1, 0.15) is 33.6 Å². The van der Waals surface area contributed by atoms with Gasteiger partial charge in [-0.05, 0) is 19.8 Å². The van der Waals surface area contributed by atoms with Crippen LogP contribution in [0.5, 0.6) is 0 Å². The standard InChI is InChI=1S/C10H18N2O/c1-5-10(6-2,8-11)9(13)12(4)7-3/h5-7H2,1-4H3. The average Bonchev–Trinajstić information content (AvgIpc) is 2.20. The Labute approximate surface area is 80.3 Å². The minimum Gasteiger partial charge on any atom is -0.345 e. The lowest BCUT2D eigenvalue weighted by Gasteiger charge is -2.27. The summed E-state index contributed by atoms with van der Waals surface area (Å²) in [6.45, 7) is 6.33. The zero-order valence-electron chi connectivity index (χ0n) is 8.92. The fourth-order valence-corrected chi connectivity index (χ4v) is 1.27. The Morgan fingerprint density at radius 1 is 1.38 bits per heavy atom. The van der Waals surface area contributed by atoms with Gasteiger partial charge in [-0.2, -0.15) is 5.26 Å². The molecule has 0 aliphatic rings. The van der Waals surface area contributed by atoms with Gasteiger partial charge in [0.05, 0.1) is 6.07 Å². The van der Waals surface area contributed by atoms with Gasteiger partial charge in [0.25, 0.3) is 0 Å². The number of hydrogen-bond acceptors (Lipinski definition) is 2. The fraction of sp³-hybridized carbons (Fsp3) is 0.800. The van der Waals surface area contributed by atoms with E-state index in [-0.39, 0.29) is 5.91 Å². The van der Waals surface area contributed by atoms with E-state index >= 15 is 0 Å². The number of nitriles is 1. The van der Waals surface area contributed by atoms with Crippen LogP contribution in [-0.2, 0) is 4.79 Å². The van der Waals surface area contributed by atoms with Crippen LogP contribution in [0.2, 0.25) is 0 Å². The molecule has 3 nitrogen and oxygen atoms in total. The third-order valence-electron chi connectivity index (χ3n) is 2.65. The smallest absolute Gasteiger partial charge is 0.242 e. The zero-order chi connectivity index (χ0) is 10.5. The Bertz CT molecular complexity index is 213. The normalized spacial score (nSPS) is 10.7. The summed E-state index contributed by atoms with van der Waals surface area (Å²) in [5.74, 6) is -0.0532. The number of amides is 1. The van der Waals surface area contributed by atoms with Crippen molar-refractivity contribution in [2.24, 2.45) is 5.41 Å². The number of nitrogens with zero attached hydrogens (tertiary/aromatic N) is 2. The van der Waals surface area contributed by atoms with Crippen LogP contribution < -0.4 is 0 Å². The molecular weight excluding hydrogens is 164 g/mol. The van der Waals surface area contributed by atoms with Crippen molar-refractivity contribution >= 4 is 5.91 Å². The number of carbonyl (C=O) groups is 1. The zero-order valence-corrected chi connectivity index (χ0v) is 8.92. The highest BCUT2D eigenvalue weighted by atomic mass is 16.2. The van der Waals surface area contributed by atoms with E-state index in [1.54, 1.807) is 11.9 Å². The maximum absolute atomic E-state index is 11.8. The highest BCUT2D eigenvalue weighted by molar-refractivity contribution is 5.85. The minimum absolute atomic E-state index is 0.0532. The summed E-state index contributed by atoms with van der Waals surface area (Å²) in [5, 5.41) is 8.99. The first-order valence-electron chi connectivity index (χ1n) is 4.74. The number of rotatable bonds is 4. The SMILES string of the molecule is CCN(C)C(=O)C(C#N)(CC)CC. The Morgan fingerprint density at radius 2 is 1.85 bits per heavy atom. The topological polar surface area (TPSA) is 44.1 Å². The lowest BCUT2D eigenvalue weighted by Crippen LogP contribution is -2.40. The third-order valence-corrected chi connectivity index (χ3v) is 2.65.